The van der Waals surface area contributed by atoms with Gasteiger partial charge in [-0.3, -0.25) is 0 Å². The summed E-state index contributed by atoms with van der Waals surface area (Å²) < 4.78 is 9.89. The average Bonchev–Trinajstić information content (AvgIpc) is 2.76. The standard InChI is InChI=1S/C11H12N2O2S/c1-3-7(2)15-11(14)8-5-4-6-9-10(8)16-13-12-9/h4-7H,3H2,1-2H3. The highest BCUT2D eigenvalue weighted by atomic mass is 32.1. The van der Waals surface area contributed by atoms with Crippen molar-refractivity contribution in [3.63, 3.8) is 0 Å². The van der Waals surface area contributed by atoms with Crippen molar-refractivity contribution < 1.29 is 9.53 Å². The minimum absolute atomic E-state index is 0.0661. The number of rotatable bonds is 3. The summed E-state index contributed by atoms with van der Waals surface area (Å²) >= 11 is 1.22. The van der Waals surface area contributed by atoms with Crippen LogP contribution in [-0.4, -0.2) is 21.7 Å². The molecule has 0 aliphatic carbocycles. The first kappa shape index (κ1) is 11.0. The number of esters is 1. The van der Waals surface area contributed by atoms with E-state index in [9.17, 15) is 4.79 Å². The van der Waals surface area contributed by atoms with Crippen LogP contribution in [0.5, 0.6) is 0 Å². The number of hydrogen-bond donors (Lipinski definition) is 0. The molecular weight excluding hydrogens is 224 g/mol. The lowest BCUT2D eigenvalue weighted by Crippen LogP contribution is -2.13. The molecule has 0 amide bonds. The molecule has 5 heteroatoms. The fourth-order valence-corrected chi connectivity index (χ4v) is 1.96. The maximum Gasteiger partial charge on any atom is 0.339 e. The van der Waals surface area contributed by atoms with Crippen LogP contribution in [0.1, 0.15) is 30.6 Å². The van der Waals surface area contributed by atoms with Gasteiger partial charge in [-0.15, -0.1) is 5.10 Å². The second-order valence-corrected chi connectivity index (χ2v) is 4.31. The summed E-state index contributed by atoms with van der Waals surface area (Å²) in [5.74, 6) is -0.300. The molecule has 2 rings (SSSR count). The molecule has 84 valence electrons. The molecule has 1 atom stereocenters. The number of carbonyl (C=O) groups excluding carboxylic acids is 1. The average molecular weight is 236 g/mol. The Kier molecular flexibility index (Phi) is 3.14. The molecule has 0 saturated heterocycles. The van der Waals surface area contributed by atoms with Crippen LogP contribution in [0.2, 0.25) is 0 Å². The molecule has 0 radical (unpaired) electrons. The molecule has 4 nitrogen and oxygen atoms in total. The zero-order valence-corrected chi connectivity index (χ0v) is 9.95. The van der Waals surface area contributed by atoms with Gasteiger partial charge in [0, 0.05) is 0 Å². The van der Waals surface area contributed by atoms with Gasteiger partial charge in [0.05, 0.1) is 16.4 Å². The zero-order chi connectivity index (χ0) is 11.5. The van der Waals surface area contributed by atoms with Gasteiger partial charge in [0.2, 0.25) is 0 Å². The fourth-order valence-electron chi connectivity index (χ4n) is 1.30. The molecule has 0 aliphatic heterocycles. The lowest BCUT2D eigenvalue weighted by atomic mass is 10.2. The van der Waals surface area contributed by atoms with E-state index < -0.39 is 0 Å². The number of benzene rings is 1. The number of carbonyl (C=O) groups is 1. The number of nitrogens with zero attached hydrogens (tertiary/aromatic N) is 2. The first-order valence-corrected chi connectivity index (χ1v) is 5.91. The summed E-state index contributed by atoms with van der Waals surface area (Å²) in [4.78, 5) is 11.9. The van der Waals surface area contributed by atoms with E-state index in [1.165, 1.54) is 11.5 Å². The smallest absolute Gasteiger partial charge is 0.339 e. The molecule has 2 aromatic rings. The van der Waals surface area contributed by atoms with E-state index in [1.54, 1.807) is 12.1 Å². The highest BCUT2D eigenvalue weighted by molar-refractivity contribution is 7.13. The van der Waals surface area contributed by atoms with Gasteiger partial charge >= 0.3 is 5.97 Å². The Bertz CT molecular complexity index is 509. The number of aromatic nitrogens is 2. The van der Waals surface area contributed by atoms with E-state index in [0.717, 1.165) is 16.6 Å². The Labute approximate surface area is 97.4 Å². The second kappa shape index (κ2) is 4.57. The lowest BCUT2D eigenvalue weighted by molar-refractivity contribution is 0.0337. The van der Waals surface area contributed by atoms with Crippen LogP contribution in [0.25, 0.3) is 10.2 Å². The van der Waals surface area contributed by atoms with E-state index in [-0.39, 0.29) is 12.1 Å². The number of fused-ring (bicyclic) bond motifs is 1. The fraction of sp³-hybridized carbons (Fsp3) is 0.364. The highest BCUT2D eigenvalue weighted by Crippen LogP contribution is 2.21. The minimum Gasteiger partial charge on any atom is -0.459 e. The van der Waals surface area contributed by atoms with Crippen molar-refractivity contribution in [1.82, 2.24) is 9.59 Å². The number of hydrogen-bond acceptors (Lipinski definition) is 5. The summed E-state index contributed by atoms with van der Waals surface area (Å²) in [6.45, 7) is 3.86. The Hall–Kier alpha value is -1.49. The second-order valence-electron chi connectivity index (χ2n) is 3.55. The summed E-state index contributed by atoms with van der Waals surface area (Å²) in [6.07, 6.45) is 0.742. The van der Waals surface area contributed by atoms with Crippen LogP contribution in [0.4, 0.5) is 0 Å². The van der Waals surface area contributed by atoms with E-state index in [4.69, 9.17) is 4.74 Å². The summed E-state index contributed by atoms with van der Waals surface area (Å²) in [6, 6.07) is 5.36. The molecule has 0 spiro atoms. The van der Waals surface area contributed by atoms with Gasteiger partial charge in [-0.25, -0.2) is 4.79 Å². The zero-order valence-electron chi connectivity index (χ0n) is 9.14. The van der Waals surface area contributed by atoms with Gasteiger partial charge in [0.1, 0.15) is 5.52 Å². The maximum absolute atomic E-state index is 11.9. The van der Waals surface area contributed by atoms with Crippen LogP contribution >= 0.6 is 11.5 Å². The van der Waals surface area contributed by atoms with Crippen LogP contribution in [-0.2, 0) is 4.74 Å². The molecule has 1 aromatic carbocycles. The van der Waals surface area contributed by atoms with E-state index in [1.807, 2.05) is 19.9 Å². The van der Waals surface area contributed by atoms with Crippen LogP contribution in [0, 0.1) is 0 Å². The normalized spacial score (nSPS) is 12.6. The third-order valence-corrected chi connectivity index (χ3v) is 3.15. The lowest BCUT2D eigenvalue weighted by Gasteiger charge is -2.10. The minimum atomic E-state index is -0.300. The summed E-state index contributed by atoms with van der Waals surface area (Å²) in [5.41, 5.74) is 1.29. The first-order valence-electron chi connectivity index (χ1n) is 5.14. The Morgan fingerprint density at radius 2 is 2.38 bits per heavy atom. The molecule has 0 aliphatic rings. The molecule has 16 heavy (non-hydrogen) atoms. The molecule has 0 bridgehead atoms. The van der Waals surface area contributed by atoms with Crippen molar-refractivity contribution >= 4 is 27.7 Å². The van der Waals surface area contributed by atoms with Crippen LogP contribution in [0.15, 0.2) is 18.2 Å². The number of ether oxygens (including phenoxy) is 1. The van der Waals surface area contributed by atoms with Gasteiger partial charge in [-0.1, -0.05) is 17.5 Å². The van der Waals surface area contributed by atoms with E-state index in [2.05, 4.69) is 9.59 Å². The van der Waals surface area contributed by atoms with Crippen molar-refractivity contribution in [3.8, 4) is 0 Å². The van der Waals surface area contributed by atoms with E-state index in [0.29, 0.717) is 5.56 Å². The maximum atomic E-state index is 11.9. The Morgan fingerprint density at radius 3 is 3.12 bits per heavy atom. The molecule has 0 fully saturated rings. The van der Waals surface area contributed by atoms with Crippen molar-refractivity contribution in [2.75, 3.05) is 0 Å². The molecule has 0 saturated carbocycles. The van der Waals surface area contributed by atoms with Crippen molar-refractivity contribution in [3.05, 3.63) is 23.8 Å². The quantitative estimate of drug-likeness (QED) is 0.769. The van der Waals surface area contributed by atoms with Gasteiger partial charge in [0.15, 0.2) is 0 Å². The van der Waals surface area contributed by atoms with Gasteiger partial charge in [-0.2, -0.15) is 0 Å². The molecule has 1 heterocycles. The Morgan fingerprint density at radius 1 is 1.56 bits per heavy atom. The molecular formula is C11H12N2O2S. The van der Waals surface area contributed by atoms with E-state index >= 15 is 0 Å². The van der Waals surface area contributed by atoms with Crippen LogP contribution < -0.4 is 0 Å². The van der Waals surface area contributed by atoms with Crippen molar-refractivity contribution in [1.29, 1.82) is 0 Å². The predicted octanol–water partition coefficient (Wildman–Crippen LogP) is 2.65. The van der Waals surface area contributed by atoms with Gasteiger partial charge in [0.25, 0.3) is 0 Å². The third kappa shape index (κ3) is 2.04. The molecule has 0 N–H and O–H groups in total. The van der Waals surface area contributed by atoms with Crippen LogP contribution in [0.3, 0.4) is 0 Å². The Balaban J connectivity index is 2.32. The monoisotopic (exact) mass is 236 g/mol. The largest absolute Gasteiger partial charge is 0.459 e. The highest BCUT2D eigenvalue weighted by Gasteiger charge is 2.15. The van der Waals surface area contributed by atoms with Crippen molar-refractivity contribution in [2.24, 2.45) is 0 Å². The first-order chi connectivity index (χ1) is 7.72. The summed E-state index contributed by atoms with van der Waals surface area (Å²) in [5, 5.41) is 3.92. The topological polar surface area (TPSA) is 52.1 Å². The summed E-state index contributed by atoms with van der Waals surface area (Å²) in [7, 11) is 0. The van der Waals surface area contributed by atoms with Gasteiger partial charge < -0.3 is 4.74 Å². The molecule has 1 aromatic heterocycles. The molecule has 1 unspecified atom stereocenters. The van der Waals surface area contributed by atoms with Crippen molar-refractivity contribution in [2.45, 2.75) is 26.4 Å². The third-order valence-electron chi connectivity index (χ3n) is 2.38. The predicted molar refractivity (Wildman–Crippen MR) is 62.6 cm³/mol. The SMILES string of the molecule is CCC(C)OC(=O)c1cccc2nnsc12. The van der Waals surface area contributed by atoms with Gasteiger partial charge in [-0.05, 0) is 37.0 Å².